The Morgan fingerprint density at radius 1 is 0.406 bits per heavy atom. The van der Waals surface area contributed by atoms with Crippen LogP contribution in [-0.2, 0) is 11.8 Å². The molecule has 2 heteroatoms. The van der Waals surface area contributed by atoms with E-state index in [1.165, 1.54) is 103 Å². The lowest BCUT2D eigenvalue weighted by molar-refractivity contribution is 0.436. The highest BCUT2D eigenvalue weighted by Gasteiger charge is 2.51. The summed E-state index contributed by atoms with van der Waals surface area (Å²) in [5.74, 6) is 2.06. The van der Waals surface area contributed by atoms with Crippen LogP contribution in [0.3, 0.4) is 0 Å². The van der Waals surface area contributed by atoms with E-state index in [4.69, 9.17) is 4.74 Å². The Morgan fingerprint density at radius 3 is 1.80 bits per heavy atom. The zero-order valence-corrected chi connectivity index (χ0v) is 36.0. The van der Waals surface area contributed by atoms with Gasteiger partial charge in [-0.1, -0.05) is 188 Å². The molecule has 64 heavy (non-hydrogen) atoms. The number of rotatable bonds is 7. The molecule has 1 aromatic heterocycles. The molecule has 1 unspecified atom stereocenters. The molecule has 11 aromatic rings. The van der Waals surface area contributed by atoms with Gasteiger partial charge >= 0.3 is 0 Å². The maximum absolute atomic E-state index is 6.64. The fraction of sp³-hybridized carbons (Fsp3) is 0.0645. The highest BCUT2D eigenvalue weighted by Crippen LogP contribution is 2.63. The van der Waals surface area contributed by atoms with Crippen LogP contribution < -0.4 is 4.74 Å². The van der Waals surface area contributed by atoms with Gasteiger partial charge in [-0.05, 0) is 121 Å². The number of hydrogen-bond acceptors (Lipinski definition) is 2. The molecule has 0 saturated heterocycles. The van der Waals surface area contributed by atoms with Crippen LogP contribution in [0.2, 0.25) is 0 Å². The summed E-state index contributed by atoms with van der Waals surface area (Å²) in [5, 5.41) is 5.22. The van der Waals surface area contributed by atoms with E-state index in [-0.39, 0.29) is 5.92 Å². The van der Waals surface area contributed by atoms with Crippen LogP contribution in [0.15, 0.2) is 224 Å². The summed E-state index contributed by atoms with van der Waals surface area (Å²) in [4.78, 5) is 0. The van der Waals surface area contributed by atoms with E-state index in [1.807, 2.05) is 11.3 Å². The third kappa shape index (κ3) is 5.76. The first-order valence-electron chi connectivity index (χ1n) is 22.4. The van der Waals surface area contributed by atoms with Gasteiger partial charge in [-0.3, -0.25) is 0 Å². The van der Waals surface area contributed by atoms with Gasteiger partial charge < -0.3 is 4.74 Å². The predicted molar refractivity (Wildman–Crippen MR) is 268 cm³/mol. The van der Waals surface area contributed by atoms with Gasteiger partial charge in [-0.15, -0.1) is 11.3 Å². The van der Waals surface area contributed by atoms with Crippen molar-refractivity contribution >= 4 is 42.3 Å². The Balaban J connectivity index is 0.912. The van der Waals surface area contributed by atoms with Crippen molar-refractivity contribution < 1.29 is 4.74 Å². The average Bonchev–Trinajstić information content (AvgIpc) is 3.88. The molecule has 0 amide bonds. The molecule has 0 fully saturated rings. The molecular weight excluding hydrogens is 793 g/mol. The third-order valence-corrected chi connectivity index (χ3v) is 15.2. The van der Waals surface area contributed by atoms with Crippen molar-refractivity contribution in [2.75, 3.05) is 0 Å². The van der Waals surface area contributed by atoms with E-state index < -0.39 is 5.41 Å². The highest BCUT2D eigenvalue weighted by molar-refractivity contribution is 7.25. The van der Waals surface area contributed by atoms with Gasteiger partial charge in [0.25, 0.3) is 0 Å². The highest BCUT2D eigenvalue weighted by atomic mass is 32.1. The second-order valence-electron chi connectivity index (χ2n) is 17.4. The lowest BCUT2D eigenvalue weighted by Crippen LogP contribution is -2.32. The first-order valence-corrected chi connectivity index (χ1v) is 23.2. The minimum absolute atomic E-state index is 0.234. The topological polar surface area (TPSA) is 9.23 Å². The van der Waals surface area contributed by atoms with E-state index in [9.17, 15) is 0 Å². The molecule has 1 spiro atoms. The maximum Gasteiger partial charge on any atom is 0.132 e. The second-order valence-corrected chi connectivity index (χ2v) is 18.5. The minimum atomic E-state index is -0.507. The molecule has 0 radical (unpaired) electrons. The van der Waals surface area contributed by atoms with Gasteiger partial charge in [0.05, 0.1) is 5.41 Å². The summed E-state index contributed by atoms with van der Waals surface area (Å²) in [6.45, 7) is 0. The summed E-state index contributed by atoms with van der Waals surface area (Å²) < 4.78 is 9.32. The van der Waals surface area contributed by atoms with Crippen molar-refractivity contribution in [1.29, 1.82) is 0 Å². The zero-order chi connectivity index (χ0) is 42.2. The Hall–Kier alpha value is -7.52. The standard InChI is InChI=1S/C62H42OS/c1-2-12-41(13-3-1)42-25-22-40(23-26-42)24-34-48(47-33-37-60-51(39-47)50-16-6-11-21-59(50)64-60)45-29-27-43(28-30-45)46-32-35-53-52(38-46)61-49-15-5-4-14-44(49)31-36-56(61)62(53)54-17-7-9-19-57(54)63-58-20-10-8-18-55(58)62/h1-23,25-33,35-39,48H,24,34H2. The van der Waals surface area contributed by atoms with Crippen molar-refractivity contribution in [2.45, 2.75) is 24.2 Å². The summed E-state index contributed by atoms with van der Waals surface area (Å²) >= 11 is 1.89. The number of hydrogen-bond donors (Lipinski definition) is 0. The summed E-state index contributed by atoms with van der Waals surface area (Å²) in [6.07, 6.45) is 2.00. The number of benzene rings is 10. The monoisotopic (exact) mass is 834 g/mol. The first kappa shape index (κ1) is 37.1. The van der Waals surface area contributed by atoms with Crippen LogP contribution in [0.1, 0.15) is 51.3 Å². The largest absolute Gasteiger partial charge is 0.457 e. The number of thiophene rings is 1. The lowest BCUT2D eigenvalue weighted by atomic mass is 9.66. The Bertz CT molecular complexity index is 3530. The molecule has 1 atom stereocenters. The van der Waals surface area contributed by atoms with Crippen molar-refractivity contribution in [2.24, 2.45) is 0 Å². The van der Waals surface area contributed by atoms with Gasteiger partial charge in [0, 0.05) is 37.2 Å². The Kier molecular flexibility index (Phi) is 8.57. The summed E-state index contributed by atoms with van der Waals surface area (Å²) in [7, 11) is 0. The quantitative estimate of drug-likeness (QED) is 0.155. The molecular formula is C62H42OS. The van der Waals surface area contributed by atoms with Crippen LogP contribution in [0.5, 0.6) is 11.5 Å². The fourth-order valence-electron chi connectivity index (χ4n) is 11.1. The zero-order valence-electron chi connectivity index (χ0n) is 35.2. The summed E-state index contributed by atoms with van der Waals surface area (Å²) in [6, 6.07) is 83.3. The third-order valence-electron chi connectivity index (χ3n) is 14.1. The van der Waals surface area contributed by atoms with Crippen LogP contribution in [0.4, 0.5) is 0 Å². The van der Waals surface area contributed by atoms with Crippen LogP contribution >= 0.6 is 11.3 Å². The molecule has 1 aliphatic heterocycles. The minimum Gasteiger partial charge on any atom is -0.457 e. The molecule has 10 aromatic carbocycles. The number of aryl methyl sites for hydroxylation is 1. The van der Waals surface area contributed by atoms with Crippen molar-refractivity contribution in [3.63, 3.8) is 0 Å². The van der Waals surface area contributed by atoms with Gasteiger partial charge in [0.2, 0.25) is 0 Å². The van der Waals surface area contributed by atoms with Crippen LogP contribution in [0, 0.1) is 0 Å². The van der Waals surface area contributed by atoms with E-state index in [0.717, 1.165) is 24.3 Å². The SMILES string of the molecule is c1ccc(-c2ccc(CCC(c3ccc(-c4ccc5c(c4)-c4c(ccc6ccccc46)C54c5ccccc5Oc5ccccc54)cc3)c3ccc4sc5ccccc5c4c3)cc2)cc1. The predicted octanol–water partition coefficient (Wildman–Crippen LogP) is 16.8. The van der Waals surface area contributed by atoms with Crippen molar-refractivity contribution in [3.8, 4) is 44.9 Å². The van der Waals surface area contributed by atoms with Gasteiger partial charge in [0.15, 0.2) is 0 Å². The van der Waals surface area contributed by atoms with Crippen LogP contribution in [-0.4, -0.2) is 0 Å². The van der Waals surface area contributed by atoms with Crippen molar-refractivity contribution in [3.05, 3.63) is 263 Å². The maximum atomic E-state index is 6.64. The molecule has 0 saturated carbocycles. The van der Waals surface area contributed by atoms with Crippen LogP contribution in [0.25, 0.3) is 64.3 Å². The molecule has 13 rings (SSSR count). The number of fused-ring (bicyclic) bond motifs is 14. The lowest BCUT2D eigenvalue weighted by Gasteiger charge is -2.39. The normalized spacial score (nSPS) is 13.6. The fourth-order valence-corrected chi connectivity index (χ4v) is 12.1. The van der Waals surface area contributed by atoms with Gasteiger partial charge in [0.1, 0.15) is 11.5 Å². The first-order chi connectivity index (χ1) is 31.7. The smallest absolute Gasteiger partial charge is 0.132 e. The molecule has 0 bridgehead atoms. The van der Waals surface area contributed by atoms with Gasteiger partial charge in [-0.25, -0.2) is 0 Å². The number of ether oxygens (including phenoxy) is 1. The Labute approximate surface area is 377 Å². The summed E-state index contributed by atoms with van der Waals surface area (Å²) in [5.41, 5.74) is 16.1. The van der Waals surface area contributed by atoms with Crippen molar-refractivity contribution in [1.82, 2.24) is 0 Å². The Morgan fingerprint density at radius 2 is 1.00 bits per heavy atom. The van der Waals surface area contributed by atoms with Gasteiger partial charge in [-0.2, -0.15) is 0 Å². The molecule has 1 nitrogen and oxygen atoms in total. The van der Waals surface area contributed by atoms with E-state index >= 15 is 0 Å². The molecule has 0 N–H and O–H groups in total. The molecule has 1 aliphatic carbocycles. The van der Waals surface area contributed by atoms with E-state index in [2.05, 4.69) is 224 Å². The molecule has 302 valence electrons. The second kappa shape index (κ2) is 14.8. The number of para-hydroxylation sites is 2. The van der Waals surface area contributed by atoms with E-state index in [1.54, 1.807) is 0 Å². The molecule has 2 aliphatic rings. The average molecular weight is 835 g/mol. The van der Waals surface area contributed by atoms with E-state index in [0.29, 0.717) is 0 Å². The molecule has 2 heterocycles.